The van der Waals surface area contributed by atoms with Crippen molar-refractivity contribution in [3.63, 3.8) is 0 Å². The van der Waals surface area contributed by atoms with E-state index in [9.17, 15) is 22.8 Å². The Kier molecular flexibility index (Phi) is 6.22. The van der Waals surface area contributed by atoms with E-state index >= 15 is 0 Å². The zero-order valence-corrected chi connectivity index (χ0v) is 17.1. The second kappa shape index (κ2) is 9.07. The van der Waals surface area contributed by atoms with Crippen molar-refractivity contribution in [1.82, 2.24) is 4.90 Å². The molecule has 170 valence electrons. The van der Waals surface area contributed by atoms with Gasteiger partial charge in [-0.25, -0.2) is 0 Å². The number of carbonyl (C=O) groups excluding carboxylic acids is 2. The van der Waals surface area contributed by atoms with Crippen molar-refractivity contribution in [3.05, 3.63) is 54.1 Å². The fourth-order valence-corrected chi connectivity index (χ4v) is 3.72. The number of halogens is 3. The predicted octanol–water partition coefficient (Wildman–Crippen LogP) is 2.77. The Labute approximate surface area is 182 Å². The summed E-state index contributed by atoms with van der Waals surface area (Å²) in [5.41, 5.74) is -0.159. The minimum Gasteiger partial charge on any atom is -0.477 e. The second-order valence-corrected chi connectivity index (χ2v) is 7.52. The van der Waals surface area contributed by atoms with Crippen LogP contribution >= 0.6 is 0 Å². The molecule has 0 aliphatic carbocycles. The first-order valence-electron chi connectivity index (χ1n) is 10.2. The Morgan fingerprint density at radius 2 is 1.81 bits per heavy atom. The molecular weight excluding hydrogens is 427 g/mol. The van der Waals surface area contributed by atoms with Crippen LogP contribution < -0.4 is 15.0 Å². The zero-order valence-electron chi connectivity index (χ0n) is 17.1. The highest BCUT2D eigenvalue weighted by molar-refractivity contribution is 5.95. The third kappa shape index (κ3) is 4.96. The fraction of sp³-hybridized carbons (Fsp3) is 0.364. The number of benzene rings is 2. The third-order valence-corrected chi connectivity index (χ3v) is 5.27. The van der Waals surface area contributed by atoms with Crippen LogP contribution in [0, 0.1) is 0 Å². The Morgan fingerprint density at radius 3 is 2.56 bits per heavy atom. The number of carbonyl (C=O) groups is 2. The number of rotatable bonds is 4. The highest BCUT2D eigenvalue weighted by atomic mass is 19.4. The lowest BCUT2D eigenvalue weighted by Gasteiger charge is -2.38. The van der Waals surface area contributed by atoms with E-state index in [0.717, 1.165) is 12.1 Å². The number of amides is 2. The first kappa shape index (κ1) is 21.9. The van der Waals surface area contributed by atoms with Gasteiger partial charge in [-0.2, -0.15) is 13.2 Å². The Hall–Kier alpha value is -3.27. The van der Waals surface area contributed by atoms with Crippen molar-refractivity contribution in [2.75, 3.05) is 49.6 Å². The topological polar surface area (TPSA) is 71.1 Å². The minimum atomic E-state index is -4.50. The number of hydrogen-bond donors (Lipinski definition) is 1. The molecule has 1 unspecified atom stereocenters. The van der Waals surface area contributed by atoms with E-state index in [2.05, 4.69) is 5.32 Å². The van der Waals surface area contributed by atoms with E-state index in [1.165, 1.54) is 12.1 Å². The van der Waals surface area contributed by atoms with Crippen molar-refractivity contribution in [1.29, 1.82) is 0 Å². The monoisotopic (exact) mass is 449 g/mol. The average molecular weight is 449 g/mol. The number of hydrogen-bond acceptors (Lipinski definition) is 5. The Bertz CT molecular complexity index is 992. The summed E-state index contributed by atoms with van der Waals surface area (Å²) in [4.78, 5) is 28.9. The number of alkyl halides is 3. The van der Waals surface area contributed by atoms with Crippen LogP contribution in [0.2, 0.25) is 0 Å². The van der Waals surface area contributed by atoms with Crippen LogP contribution in [0.5, 0.6) is 5.75 Å². The molecular formula is C22H22F3N3O4. The van der Waals surface area contributed by atoms with E-state index in [-0.39, 0.29) is 24.7 Å². The minimum absolute atomic E-state index is 0.0484. The molecule has 2 aliphatic rings. The standard InChI is InChI=1S/C22H22F3N3O4/c23-22(24,25)15-4-3-5-16(12-15)26-20(29)14-28-13-19(21(30)27-8-10-31-11-9-27)32-18-7-2-1-6-17(18)28/h1-7,12,19H,8-11,13-14H2,(H,26,29). The summed E-state index contributed by atoms with van der Waals surface area (Å²) in [5, 5.41) is 2.51. The van der Waals surface area contributed by atoms with E-state index in [1.807, 2.05) is 0 Å². The average Bonchev–Trinajstić information content (AvgIpc) is 2.78. The molecule has 0 radical (unpaired) electrons. The van der Waals surface area contributed by atoms with Gasteiger partial charge >= 0.3 is 6.18 Å². The molecule has 1 saturated heterocycles. The molecule has 1 N–H and O–H groups in total. The van der Waals surface area contributed by atoms with Gasteiger partial charge < -0.3 is 24.6 Å². The molecule has 2 aliphatic heterocycles. The summed E-state index contributed by atoms with van der Waals surface area (Å²) in [6.45, 7) is 1.84. The quantitative estimate of drug-likeness (QED) is 0.778. The predicted molar refractivity (Wildman–Crippen MR) is 111 cm³/mol. The largest absolute Gasteiger partial charge is 0.477 e. The molecule has 0 saturated carbocycles. The Balaban J connectivity index is 1.48. The van der Waals surface area contributed by atoms with Crippen molar-refractivity contribution in [3.8, 4) is 5.75 Å². The smallest absolute Gasteiger partial charge is 0.416 e. The normalized spacial score (nSPS) is 18.5. The van der Waals surface area contributed by atoms with Gasteiger partial charge in [-0.1, -0.05) is 18.2 Å². The van der Waals surface area contributed by atoms with Crippen molar-refractivity contribution < 1.29 is 32.2 Å². The zero-order chi connectivity index (χ0) is 22.7. The van der Waals surface area contributed by atoms with Crippen LogP contribution in [-0.2, 0) is 20.5 Å². The molecule has 0 bridgehead atoms. The number of ether oxygens (including phenoxy) is 2. The lowest BCUT2D eigenvalue weighted by atomic mass is 10.1. The number of fused-ring (bicyclic) bond motifs is 1. The first-order valence-corrected chi connectivity index (χ1v) is 10.2. The molecule has 4 rings (SSSR count). The molecule has 1 fully saturated rings. The number of nitrogens with one attached hydrogen (secondary N) is 1. The van der Waals surface area contributed by atoms with Crippen LogP contribution in [-0.4, -0.2) is 62.2 Å². The first-order chi connectivity index (χ1) is 15.3. The van der Waals surface area contributed by atoms with Crippen LogP contribution in [0.4, 0.5) is 24.5 Å². The van der Waals surface area contributed by atoms with Gasteiger partial charge in [0, 0.05) is 18.8 Å². The summed E-state index contributed by atoms with van der Waals surface area (Å²) in [5.74, 6) is -0.220. The van der Waals surface area contributed by atoms with Crippen LogP contribution in [0.1, 0.15) is 5.56 Å². The van der Waals surface area contributed by atoms with Crippen molar-refractivity contribution >= 4 is 23.2 Å². The molecule has 2 aromatic rings. The molecule has 32 heavy (non-hydrogen) atoms. The van der Waals surface area contributed by atoms with Gasteiger partial charge in [0.05, 0.1) is 37.6 Å². The molecule has 1 atom stereocenters. The van der Waals surface area contributed by atoms with Gasteiger partial charge in [-0.3, -0.25) is 9.59 Å². The molecule has 0 spiro atoms. The van der Waals surface area contributed by atoms with Crippen molar-refractivity contribution in [2.45, 2.75) is 12.3 Å². The lowest BCUT2D eigenvalue weighted by Crippen LogP contribution is -2.53. The van der Waals surface area contributed by atoms with E-state index in [4.69, 9.17) is 9.47 Å². The molecule has 0 aromatic heterocycles. The second-order valence-electron chi connectivity index (χ2n) is 7.52. The SMILES string of the molecule is O=C(CN1CC(C(=O)N2CCOCC2)Oc2ccccc21)Nc1cccc(C(F)(F)F)c1. The molecule has 10 heteroatoms. The third-order valence-electron chi connectivity index (χ3n) is 5.27. The van der Waals surface area contributed by atoms with Gasteiger partial charge in [0.1, 0.15) is 5.75 Å². The highest BCUT2D eigenvalue weighted by Gasteiger charge is 2.35. The number of para-hydroxylation sites is 2. The summed E-state index contributed by atoms with van der Waals surface area (Å²) in [6, 6.07) is 11.5. The molecule has 2 amide bonds. The fourth-order valence-electron chi connectivity index (χ4n) is 3.72. The maximum atomic E-state index is 12.9. The maximum absolute atomic E-state index is 12.9. The van der Waals surface area contributed by atoms with Crippen LogP contribution in [0.25, 0.3) is 0 Å². The van der Waals surface area contributed by atoms with Gasteiger partial charge in [-0.05, 0) is 30.3 Å². The van der Waals surface area contributed by atoms with Crippen LogP contribution in [0.3, 0.4) is 0 Å². The Morgan fingerprint density at radius 1 is 1.06 bits per heavy atom. The number of nitrogens with zero attached hydrogens (tertiary/aromatic N) is 2. The van der Waals surface area contributed by atoms with Gasteiger partial charge in [0.25, 0.3) is 5.91 Å². The van der Waals surface area contributed by atoms with Crippen LogP contribution in [0.15, 0.2) is 48.5 Å². The van der Waals surface area contributed by atoms with Gasteiger partial charge in [0.2, 0.25) is 5.91 Å². The summed E-state index contributed by atoms with van der Waals surface area (Å²) in [6.07, 6.45) is -5.30. The lowest BCUT2D eigenvalue weighted by molar-refractivity contribution is -0.142. The summed E-state index contributed by atoms with van der Waals surface area (Å²) >= 11 is 0. The van der Waals surface area contributed by atoms with Crippen molar-refractivity contribution in [2.24, 2.45) is 0 Å². The summed E-state index contributed by atoms with van der Waals surface area (Å²) in [7, 11) is 0. The van der Waals surface area contributed by atoms with E-state index in [0.29, 0.717) is 37.7 Å². The highest BCUT2D eigenvalue weighted by Crippen LogP contribution is 2.34. The van der Waals surface area contributed by atoms with E-state index < -0.39 is 23.8 Å². The number of morpholine rings is 1. The molecule has 7 nitrogen and oxygen atoms in total. The van der Waals surface area contributed by atoms with E-state index in [1.54, 1.807) is 34.1 Å². The molecule has 2 heterocycles. The van der Waals surface area contributed by atoms with Gasteiger partial charge in [-0.15, -0.1) is 0 Å². The maximum Gasteiger partial charge on any atom is 0.416 e. The summed E-state index contributed by atoms with van der Waals surface area (Å²) < 4.78 is 50.0. The molecule has 2 aromatic carbocycles. The van der Waals surface area contributed by atoms with Gasteiger partial charge in [0.15, 0.2) is 6.10 Å². The number of anilines is 2.